The lowest BCUT2D eigenvalue weighted by Gasteiger charge is -2.31. The molecule has 60 valence electrons. The van der Waals surface area contributed by atoms with Gasteiger partial charge in [-0.3, -0.25) is 0 Å². The number of esters is 1. The average Bonchev–Trinajstić information content (AvgIpc) is 2.21. The number of halogens is 1. The quantitative estimate of drug-likeness (QED) is 0.379. The second-order valence-corrected chi connectivity index (χ2v) is 4.30. The summed E-state index contributed by atoms with van der Waals surface area (Å²) in [6.45, 7) is 4.23. The molecule has 0 saturated carbocycles. The molecule has 0 radical (unpaired) electrons. The van der Waals surface area contributed by atoms with Gasteiger partial charge in [0.15, 0.2) is 4.11 Å². The number of carbonyl (C=O) groups excluding carboxylic acids is 1. The van der Waals surface area contributed by atoms with Crippen molar-refractivity contribution in [3.05, 3.63) is 11.1 Å². The van der Waals surface area contributed by atoms with E-state index >= 15 is 0 Å². The van der Waals surface area contributed by atoms with E-state index in [1.165, 1.54) is 5.57 Å². The van der Waals surface area contributed by atoms with E-state index in [1.807, 2.05) is 0 Å². The van der Waals surface area contributed by atoms with Gasteiger partial charge in [-0.05, 0) is 40.0 Å². The van der Waals surface area contributed by atoms with Crippen LogP contribution in [0.25, 0.3) is 0 Å². The zero-order chi connectivity index (χ0) is 8.17. The van der Waals surface area contributed by atoms with Crippen LogP contribution in [-0.2, 0) is 9.53 Å². The standard InChI is InChI=1S/C8H9IO2/c1-3-4(2)6-5(3)7(9)11-8(6)10/h3-4,7H,1-2H3. The Morgan fingerprint density at radius 3 is 2.55 bits per heavy atom. The minimum Gasteiger partial charge on any atom is -0.444 e. The highest BCUT2D eigenvalue weighted by atomic mass is 127. The Hall–Kier alpha value is -0.0600. The van der Waals surface area contributed by atoms with Crippen LogP contribution in [0, 0.1) is 11.8 Å². The Kier molecular flexibility index (Phi) is 1.53. The molecule has 0 saturated heterocycles. The van der Waals surface area contributed by atoms with Crippen molar-refractivity contribution in [1.29, 1.82) is 0 Å². The van der Waals surface area contributed by atoms with E-state index in [-0.39, 0.29) is 10.1 Å². The lowest BCUT2D eigenvalue weighted by atomic mass is 9.71. The molecule has 0 spiro atoms. The maximum Gasteiger partial charge on any atom is 0.335 e. The Morgan fingerprint density at radius 2 is 2.00 bits per heavy atom. The van der Waals surface area contributed by atoms with E-state index in [0.29, 0.717) is 11.8 Å². The molecule has 0 aromatic rings. The number of carbonyl (C=O) groups is 1. The average molecular weight is 264 g/mol. The minimum atomic E-state index is -0.0926. The number of cyclic esters (lactones) is 1. The van der Waals surface area contributed by atoms with Crippen molar-refractivity contribution in [2.45, 2.75) is 18.0 Å². The summed E-state index contributed by atoms with van der Waals surface area (Å²) in [6, 6.07) is 0. The first kappa shape index (κ1) is 7.58. The van der Waals surface area contributed by atoms with Gasteiger partial charge in [0.2, 0.25) is 0 Å². The summed E-state index contributed by atoms with van der Waals surface area (Å²) >= 11 is 2.16. The molecule has 3 atom stereocenters. The van der Waals surface area contributed by atoms with Crippen molar-refractivity contribution in [3.63, 3.8) is 0 Å². The van der Waals surface area contributed by atoms with Crippen molar-refractivity contribution in [2.24, 2.45) is 11.8 Å². The molecule has 2 aliphatic rings. The van der Waals surface area contributed by atoms with Gasteiger partial charge < -0.3 is 4.74 Å². The van der Waals surface area contributed by atoms with Crippen molar-refractivity contribution in [2.75, 3.05) is 0 Å². The summed E-state index contributed by atoms with van der Waals surface area (Å²) in [5.41, 5.74) is 2.17. The first-order valence-electron chi connectivity index (χ1n) is 3.72. The molecule has 3 heteroatoms. The first-order chi connectivity index (χ1) is 5.13. The van der Waals surface area contributed by atoms with Crippen molar-refractivity contribution < 1.29 is 9.53 Å². The molecule has 0 bridgehead atoms. The Balaban J connectivity index is 2.39. The second-order valence-electron chi connectivity index (χ2n) is 3.17. The summed E-state index contributed by atoms with van der Waals surface area (Å²) in [5, 5.41) is 0. The van der Waals surface area contributed by atoms with E-state index in [1.54, 1.807) is 0 Å². The summed E-state index contributed by atoms with van der Waals surface area (Å²) < 4.78 is 5.08. The molecular weight excluding hydrogens is 255 g/mol. The molecule has 2 nitrogen and oxygen atoms in total. The molecule has 0 fully saturated rings. The Bertz CT molecular complexity index is 257. The summed E-state index contributed by atoms with van der Waals surface area (Å²) in [5.74, 6) is 0.862. The molecule has 0 aromatic carbocycles. The predicted molar refractivity (Wildman–Crippen MR) is 49.3 cm³/mol. The summed E-state index contributed by atoms with van der Waals surface area (Å²) in [4.78, 5) is 11.1. The molecule has 1 aliphatic heterocycles. The number of hydrogen-bond acceptors (Lipinski definition) is 2. The SMILES string of the molecule is CC1C2=C(C(I)OC2=O)C1C. The van der Waals surface area contributed by atoms with Crippen molar-refractivity contribution >= 4 is 28.6 Å². The lowest BCUT2D eigenvalue weighted by molar-refractivity contribution is -0.136. The first-order valence-corrected chi connectivity index (χ1v) is 4.96. The number of ether oxygens (including phenoxy) is 1. The van der Waals surface area contributed by atoms with E-state index < -0.39 is 0 Å². The lowest BCUT2D eigenvalue weighted by Crippen LogP contribution is -2.28. The molecule has 0 aromatic heterocycles. The Morgan fingerprint density at radius 1 is 1.36 bits per heavy atom. The van der Waals surface area contributed by atoms with E-state index in [2.05, 4.69) is 36.4 Å². The monoisotopic (exact) mass is 264 g/mol. The molecule has 0 amide bonds. The van der Waals surface area contributed by atoms with E-state index in [0.717, 1.165) is 5.57 Å². The molecular formula is C8H9IO2. The maximum absolute atomic E-state index is 11.1. The van der Waals surface area contributed by atoms with Gasteiger partial charge in [-0.15, -0.1) is 0 Å². The molecule has 1 heterocycles. The normalized spacial score (nSPS) is 41.7. The third-order valence-electron chi connectivity index (χ3n) is 2.68. The highest BCUT2D eigenvalue weighted by Crippen LogP contribution is 2.49. The van der Waals surface area contributed by atoms with Crippen LogP contribution in [0.15, 0.2) is 11.1 Å². The van der Waals surface area contributed by atoms with Crippen LogP contribution in [0.4, 0.5) is 0 Å². The van der Waals surface area contributed by atoms with Gasteiger partial charge in [0.1, 0.15) is 0 Å². The van der Waals surface area contributed by atoms with Crippen molar-refractivity contribution in [1.82, 2.24) is 0 Å². The molecule has 1 aliphatic carbocycles. The van der Waals surface area contributed by atoms with Gasteiger partial charge in [-0.1, -0.05) is 13.8 Å². The van der Waals surface area contributed by atoms with Crippen LogP contribution in [0.5, 0.6) is 0 Å². The minimum absolute atomic E-state index is 0.0151. The fraction of sp³-hybridized carbons (Fsp3) is 0.625. The zero-order valence-corrected chi connectivity index (χ0v) is 8.58. The second kappa shape index (κ2) is 2.21. The molecule has 0 N–H and O–H groups in total. The molecule has 3 unspecified atom stereocenters. The molecule has 2 rings (SSSR count). The van der Waals surface area contributed by atoms with Crippen LogP contribution in [0.1, 0.15) is 13.8 Å². The number of alkyl halides is 1. The van der Waals surface area contributed by atoms with Crippen LogP contribution in [-0.4, -0.2) is 10.1 Å². The Labute approximate surface area is 79.1 Å². The van der Waals surface area contributed by atoms with Gasteiger partial charge >= 0.3 is 5.97 Å². The van der Waals surface area contributed by atoms with Gasteiger partial charge in [0.05, 0.1) is 0 Å². The zero-order valence-electron chi connectivity index (χ0n) is 6.43. The summed E-state index contributed by atoms with van der Waals surface area (Å²) in [6.07, 6.45) is 0. The van der Waals surface area contributed by atoms with Gasteiger partial charge in [0.25, 0.3) is 0 Å². The van der Waals surface area contributed by atoms with Crippen LogP contribution in [0.3, 0.4) is 0 Å². The van der Waals surface area contributed by atoms with Crippen LogP contribution < -0.4 is 0 Å². The highest BCUT2D eigenvalue weighted by Gasteiger charge is 2.47. The van der Waals surface area contributed by atoms with Gasteiger partial charge in [-0.2, -0.15) is 0 Å². The summed E-state index contributed by atoms with van der Waals surface area (Å²) in [7, 11) is 0. The molecule has 11 heavy (non-hydrogen) atoms. The van der Waals surface area contributed by atoms with Crippen LogP contribution in [0.2, 0.25) is 0 Å². The van der Waals surface area contributed by atoms with Crippen molar-refractivity contribution in [3.8, 4) is 0 Å². The van der Waals surface area contributed by atoms with Gasteiger partial charge in [-0.25, -0.2) is 4.79 Å². The largest absolute Gasteiger partial charge is 0.444 e. The van der Waals surface area contributed by atoms with Gasteiger partial charge in [0, 0.05) is 5.57 Å². The smallest absolute Gasteiger partial charge is 0.335 e. The van der Waals surface area contributed by atoms with Crippen LogP contribution >= 0.6 is 22.6 Å². The fourth-order valence-corrected chi connectivity index (χ4v) is 2.92. The topological polar surface area (TPSA) is 26.3 Å². The number of rotatable bonds is 0. The van der Waals surface area contributed by atoms with E-state index in [9.17, 15) is 4.79 Å². The highest BCUT2D eigenvalue weighted by molar-refractivity contribution is 14.1. The van der Waals surface area contributed by atoms with E-state index in [4.69, 9.17) is 4.74 Å². The maximum atomic E-state index is 11.1. The predicted octanol–water partition coefficient (Wildman–Crippen LogP) is 1.89. The third-order valence-corrected chi connectivity index (χ3v) is 3.61. The third kappa shape index (κ3) is 0.803. The fourth-order valence-electron chi connectivity index (χ4n) is 1.78. The number of hydrogen-bond donors (Lipinski definition) is 0.